The fourth-order valence-electron chi connectivity index (χ4n) is 2.53. The van der Waals surface area contributed by atoms with E-state index in [1.54, 1.807) is 24.3 Å². The highest BCUT2D eigenvalue weighted by molar-refractivity contribution is 5.82. The van der Waals surface area contributed by atoms with E-state index in [0.29, 0.717) is 17.5 Å². The van der Waals surface area contributed by atoms with Gasteiger partial charge in [0.25, 0.3) is 11.8 Å². The minimum Gasteiger partial charge on any atom is -0.484 e. The second-order valence-electron chi connectivity index (χ2n) is 6.83. The molecule has 156 valence electrons. The van der Waals surface area contributed by atoms with E-state index in [4.69, 9.17) is 14.0 Å². The number of carbonyl (C=O) groups is 2. The lowest BCUT2D eigenvalue weighted by molar-refractivity contribution is -0.146. The van der Waals surface area contributed by atoms with Gasteiger partial charge in [-0.25, -0.2) is 0 Å². The van der Waals surface area contributed by atoms with Crippen LogP contribution in [0.15, 0.2) is 59.1 Å². The van der Waals surface area contributed by atoms with E-state index in [9.17, 15) is 9.59 Å². The van der Waals surface area contributed by atoms with E-state index in [1.807, 2.05) is 30.3 Å². The van der Waals surface area contributed by atoms with Gasteiger partial charge in [-0.2, -0.15) is 4.98 Å². The maximum atomic E-state index is 11.8. The molecule has 1 N–H and O–H groups in total. The lowest BCUT2D eigenvalue weighted by Gasteiger charge is -2.07. The van der Waals surface area contributed by atoms with Crippen LogP contribution in [0.4, 0.5) is 0 Å². The first-order chi connectivity index (χ1) is 14.5. The zero-order valence-electron chi connectivity index (χ0n) is 16.8. The zero-order chi connectivity index (χ0) is 21.3. The van der Waals surface area contributed by atoms with E-state index in [1.165, 1.54) is 5.56 Å². The Hall–Kier alpha value is -3.68. The summed E-state index contributed by atoms with van der Waals surface area (Å²) in [6.07, 6.45) is 0. The SMILES string of the molecule is CC(C)c1ccc(-c2noc(COC(=O)CNC(=O)COc3ccccc3)n2)cc1. The van der Waals surface area contributed by atoms with Crippen molar-refractivity contribution in [3.63, 3.8) is 0 Å². The number of para-hydroxylation sites is 1. The van der Waals surface area contributed by atoms with E-state index >= 15 is 0 Å². The van der Waals surface area contributed by atoms with Crippen molar-refractivity contribution in [3.05, 3.63) is 66.1 Å². The Morgan fingerprint density at radius 2 is 1.80 bits per heavy atom. The van der Waals surface area contributed by atoms with Crippen molar-refractivity contribution in [2.75, 3.05) is 13.2 Å². The van der Waals surface area contributed by atoms with Gasteiger partial charge in [0.2, 0.25) is 5.82 Å². The fraction of sp³-hybridized carbons (Fsp3) is 0.273. The van der Waals surface area contributed by atoms with Crippen LogP contribution in [0.3, 0.4) is 0 Å². The Bertz CT molecular complexity index is 968. The molecule has 3 rings (SSSR count). The van der Waals surface area contributed by atoms with Crippen LogP contribution in [0.5, 0.6) is 5.75 Å². The smallest absolute Gasteiger partial charge is 0.325 e. The summed E-state index contributed by atoms with van der Waals surface area (Å²) in [4.78, 5) is 27.8. The molecule has 3 aromatic rings. The third-order valence-corrected chi connectivity index (χ3v) is 4.20. The van der Waals surface area contributed by atoms with Crippen LogP contribution in [0.25, 0.3) is 11.4 Å². The summed E-state index contributed by atoms with van der Waals surface area (Å²) in [5.41, 5.74) is 2.03. The number of benzene rings is 2. The normalized spacial score (nSPS) is 10.6. The van der Waals surface area contributed by atoms with Crippen LogP contribution in [0, 0.1) is 0 Å². The molecule has 0 fully saturated rings. The van der Waals surface area contributed by atoms with Crippen LogP contribution in [0.1, 0.15) is 31.2 Å². The van der Waals surface area contributed by atoms with Crippen molar-refractivity contribution < 1.29 is 23.6 Å². The standard InChI is InChI=1S/C22H23N3O5/c1-15(2)16-8-10-17(11-9-16)22-24-20(30-25-22)14-29-21(27)12-23-19(26)13-28-18-6-4-3-5-7-18/h3-11,15H,12-14H2,1-2H3,(H,23,26). The quantitative estimate of drug-likeness (QED) is 0.542. The van der Waals surface area contributed by atoms with Crippen molar-refractivity contribution in [1.29, 1.82) is 0 Å². The first-order valence-corrected chi connectivity index (χ1v) is 9.54. The summed E-state index contributed by atoms with van der Waals surface area (Å²) in [5.74, 6) is 0.545. The maximum Gasteiger partial charge on any atom is 0.325 e. The molecule has 0 atom stereocenters. The van der Waals surface area contributed by atoms with Crippen LogP contribution >= 0.6 is 0 Å². The van der Waals surface area contributed by atoms with Gasteiger partial charge in [0, 0.05) is 5.56 Å². The molecule has 0 unspecified atom stereocenters. The highest BCUT2D eigenvalue weighted by atomic mass is 16.6. The topological polar surface area (TPSA) is 104 Å². The molecule has 30 heavy (non-hydrogen) atoms. The lowest BCUT2D eigenvalue weighted by Crippen LogP contribution is -2.34. The number of ether oxygens (including phenoxy) is 2. The first-order valence-electron chi connectivity index (χ1n) is 9.54. The molecule has 1 aromatic heterocycles. The molecule has 1 amide bonds. The van der Waals surface area contributed by atoms with Gasteiger partial charge in [0.05, 0.1) is 0 Å². The summed E-state index contributed by atoms with van der Waals surface area (Å²) in [7, 11) is 0. The second-order valence-corrected chi connectivity index (χ2v) is 6.83. The van der Waals surface area contributed by atoms with E-state index in [0.717, 1.165) is 5.56 Å². The molecule has 8 nitrogen and oxygen atoms in total. The maximum absolute atomic E-state index is 11.8. The van der Waals surface area contributed by atoms with Crippen LogP contribution in [0.2, 0.25) is 0 Å². The Morgan fingerprint density at radius 3 is 2.50 bits per heavy atom. The number of amides is 1. The van der Waals surface area contributed by atoms with Crippen molar-refractivity contribution in [2.24, 2.45) is 0 Å². The number of aromatic nitrogens is 2. The van der Waals surface area contributed by atoms with Crippen LogP contribution in [-0.2, 0) is 20.9 Å². The Kier molecular flexibility index (Phi) is 7.15. The van der Waals surface area contributed by atoms with Crippen molar-refractivity contribution in [3.8, 4) is 17.1 Å². The summed E-state index contributed by atoms with van der Waals surface area (Å²) in [5, 5.41) is 6.33. The fourth-order valence-corrected chi connectivity index (χ4v) is 2.53. The first kappa shape index (κ1) is 21.0. The number of esters is 1. The van der Waals surface area contributed by atoms with Gasteiger partial charge in [0.1, 0.15) is 12.3 Å². The van der Waals surface area contributed by atoms with Gasteiger partial charge in [-0.3, -0.25) is 9.59 Å². The number of hydrogen-bond donors (Lipinski definition) is 1. The molecule has 0 radical (unpaired) electrons. The Labute approximate surface area is 174 Å². The molecular formula is C22H23N3O5. The summed E-state index contributed by atoms with van der Waals surface area (Å²) in [6, 6.07) is 16.8. The summed E-state index contributed by atoms with van der Waals surface area (Å²) in [6.45, 7) is 3.59. The monoisotopic (exact) mass is 409 g/mol. The largest absolute Gasteiger partial charge is 0.484 e. The van der Waals surface area contributed by atoms with Crippen molar-refractivity contribution in [1.82, 2.24) is 15.5 Å². The van der Waals surface area contributed by atoms with E-state index in [2.05, 4.69) is 29.3 Å². The third-order valence-electron chi connectivity index (χ3n) is 4.20. The van der Waals surface area contributed by atoms with E-state index < -0.39 is 11.9 Å². The molecule has 0 bridgehead atoms. The highest BCUT2D eigenvalue weighted by Gasteiger charge is 2.12. The van der Waals surface area contributed by atoms with E-state index in [-0.39, 0.29) is 25.6 Å². The molecule has 0 aliphatic carbocycles. The molecule has 2 aromatic carbocycles. The minimum atomic E-state index is -0.621. The predicted octanol–water partition coefficient (Wildman–Crippen LogP) is 3.10. The van der Waals surface area contributed by atoms with Gasteiger partial charge in [0.15, 0.2) is 13.2 Å². The molecule has 0 saturated carbocycles. The minimum absolute atomic E-state index is 0.171. The predicted molar refractivity (Wildman–Crippen MR) is 109 cm³/mol. The van der Waals surface area contributed by atoms with Crippen LogP contribution < -0.4 is 10.1 Å². The third kappa shape index (κ3) is 6.16. The number of rotatable bonds is 9. The van der Waals surface area contributed by atoms with Gasteiger partial charge in [-0.15, -0.1) is 0 Å². The molecule has 0 aliphatic rings. The van der Waals surface area contributed by atoms with Gasteiger partial charge in [-0.1, -0.05) is 61.5 Å². The van der Waals surface area contributed by atoms with Gasteiger partial charge in [-0.05, 0) is 23.6 Å². The number of nitrogens with one attached hydrogen (secondary N) is 1. The van der Waals surface area contributed by atoms with Crippen LogP contribution in [-0.4, -0.2) is 35.2 Å². The van der Waals surface area contributed by atoms with Gasteiger partial charge >= 0.3 is 5.97 Å². The van der Waals surface area contributed by atoms with Crippen molar-refractivity contribution >= 4 is 11.9 Å². The lowest BCUT2D eigenvalue weighted by atomic mass is 10.0. The van der Waals surface area contributed by atoms with Gasteiger partial charge < -0.3 is 19.3 Å². The average Bonchev–Trinajstić information content (AvgIpc) is 3.24. The molecule has 1 heterocycles. The van der Waals surface area contributed by atoms with Crippen molar-refractivity contribution in [2.45, 2.75) is 26.4 Å². The molecule has 8 heteroatoms. The molecule has 0 saturated heterocycles. The number of carbonyl (C=O) groups excluding carboxylic acids is 2. The average molecular weight is 409 g/mol. The molecule has 0 spiro atoms. The Balaban J connectivity index is 1.40. The molecular weight excluding hydrogens is 386 g/mol. The Morgan fingerprint density at radius 1 is 1.07 bits per heavy atom. The summed E-state index contributed by atoms with van der Waals surface area (Å²) >= 11 is 0. The zero-order valence-corrected chi connectivity index (χ0v) is 16.8. The summed E-state index contributed by atoms with van der Waals surface area (Å²) < 4.78 is 15.5. The molecule has 0 aliphatic heterocycles. The highest BCUT2D eigenvalue weighted by Crippen LogP contribution is 2.20. The number of hydrogen-bond acceptors (Lipinski definition) is 7. The number of nitrogens with zero attached hydrogens (tertiary/aromatic N) is 2. The second kappa shape index (κ2) is 10.2.